The van der Waals surface area contributed by atoms with Gasteiger partial charge in [0.15, 0.2) is 0 Å². The van der Waals surface area contributed by atoms with E-state index in [0.29, 0.717) is 37.3 Å². The summed E-state index contributed by atoms with van der Waals surface area (Å²) < 4.78 is 0. The van der Waals surface area contributed by atoms with Crippen molar-refractivity contribution in [3.8, 4) is 0 Å². The highest BCUT2D eigenvalue weighted by Gasteiger charge is 2.40. The molecule has 0 unspecified atom stereocenters. The van der Waals surface area contributed by atoms with E-state index in [4.69, 9.17) is 0 Å². The summed E-state index contributed by atoms with van der Waals surface area (Å²) in [5.41, 5.74) is 0.127. The molecule has 1 aromatic carbocycles. The Morgan fingerprint density at radius 1 is 1.24 bits per heavy atom. The van der Waals surface area contributed by atoms with Crippen molar-refractivity contribution in [2.24, 2.45) is 11.3 Å². The molecule has 1 amide bonds. The highest BCUT2D eigenvalue weighted by molar-refractivity contribution is 5.94. The van der Waals surface area contributed by atoms with Gasteiger partial charge in [-0.15, -0.1) is 0 Å². The van der Waals surface area contributed by atoms with Crippen molar-refractivity contribution in [1.82, 2.24) is 5.32 Å². The Morgan fingerprint density at radius 2 is 1.86 bits per heavy atom. The zero-order chi connectivity index (χ0) is 15.3. The maximum atomic E-state index is 12.0. The van der Waals surface area contributed by atoms with E-state index in [1.807, 2.05) is 25.1 Å². The first-order valence-electron chi connectivity index (χ1n) is 7.64. The third-order valence-corrected chi connectivity index (χ3v) is 4.78. The number of hydrogen-bond acceptors (Lipinski definition) is 2. The maximum Gasteiger partial charge on any atom is 0.309 e. The Kier molecular flexibility index (Phi) is 4.99. The van der Waals surface area contributed by atoms with Crippen LogP contribution >= 0.6 is 0 Å². The molecule has 0 atom stereocenters. The average molecular weight is 289 g/mol. The van der Waals surface area contributed by atoms with Crippen molar-refractivity contribution < 1.29 is 14.7 Å². The summed E-state index contributed by atoms with van der Waals surface area (Å²) in [6.45, 7) is 2.58. The third-order valence-electron chi connectivity index (χ3n) is 4.78. The number of amides is 1. The van der Waals surface area contributed by atoms with Crippen molar-refractivity contribution in [2.75, 3.05) is 6.54 Å². The Balaban J connectivity index is 1.82. The first kappa shape index (κ1) is 15.5. The minimum absolute atomic E-state index is 0.0545. The zero-order valence-corrected chi connectivity index (χ0v) is 12.5. The predicted octanol–water partition coefficient (Wildman–Crippen LogP) is 3.09. The standard InChI is InChI=1S/C17H23NO3/c1-2-17(16(20)21)10-8-13(9-11-17)12-18-15(19)14-6-4-3-5-7-14/h3-7,13H,2,8-12H2,1H3,(H,18,19)(H,20,21). The molecule has 4 heteroatoms. The van der Waals surface area contributed by atoms with E-state index in [9.17, 15) is 14.7 Å². The first-order chi connectivity index (χ1) is 10.1. The van der Waals surface area contributed by atoms with Crippen molar-refractivity contribution in [2.45, 2.75) is 39.0 Å². The molecule has 0 heterocycles. The number of carboxylic acids is 1. The molecule has 0 radical (unpaired) electrons. The van der Waals surface area contributed by atoms with Crippen LogP contribution in [0.5, 0.6) is 0 Å². The van der Waals surface area contributed by atoms with E-state index in [0.717, 1.165) is 12.8 Å². The number of benzene rings is 1. The number of nitrogens with one attached hydrogen (secondary N) is 1. The molecule has 0 bridgehead atoms. The van der Waals surface area contributed by atoms with Crippen LogP contribution in [0, 0.1) is 11.3 Å². The van der Waals surface area contributed by atoms with Gasteiger partial charge in [0.25, 0.3) is 5.91 Å². The number of carbonyl (C=O) groups is 2. The highest BCUT2D eigenvalue weighted by atomic mass is 16.4. The van der Waals surface area contributed by atoms with Crippen molar-refractivity contribution in [3.63, 3.8) is 0 Å². The Labute approximate surface area is 125 Å². The van der Waals surface area contributed by atoms with Gasteiger partial charge in [-0.25, -0.2) is 0 Å². The zero-order valence-electron chi connectivity index (χ0n) is 12.5. The SMILES string of the molecule is CCC1(C(=O)O)CCC(CNC(=O)c2ccccc2)CC1. The van der Waals surface area contributed by atoms with Gasteiger partial charge < -0.3 is 10.4 Å². The van der Waals surface area contributed by atoms with Crippen LogP contribution in [-0.2, 0) is 4.79 Å². The summed E-state index contributed by atoms with van der Waals surface area (Å²) in [6.07, 6.45) is 3.85. The normalized spacial score (nSPS) is 25.3. The van der Waals surface area contributed by atoms with Crippen LogP contribution < -0.4 is 5.32 Å². The topological polar surface area (TPSA) is 66.4 Å². The van der Waals surface area contributed by atoms with E-state index in [1.54, 1.807) is 12.1 Å². The largest absolute Gasteiger partial charge is 0.481 e. The molecular formula is C17H23NO3. The molecule has 4 nitrogen and oxygen atoms in total. The molecule has 0 aliphatic heterocycles. The second kappa shape index (κ2) is 6.74. The lowest BCUT2D eigenvalue weighted by Gasteiger charge is -2.36. The Bertz CT molecular complexity index is 490. The summed E-state index contributed by atoms with van der Waals surface area (Å²) in [5.74, 6) is -0.338. The number of carbonyl (C=O) groups excluding carboxylic acids is 1. The van der Waals surface area contributed by atoms with Crippen molar-refractivity contribution >= 4 is 11.9 Å². The smallest absolute Gasteiger partial charge is 0.309 e. The van der Waals surface area contributed by atoms with E-state index in [-0.39, 0.29) is 5.91 Å². The van der Waals surface area contributed by atoms with Crippen molar-refractivity contribution in [1.29, 1.82) is 0 Å². The fraction of sp³-hybridized carbons (Fsp3) is 0.529. The van der Waals surface area contributed by atoms with Crippen LogP contribution in [0.1, 0.15) is 49.4 Å². The lowest BCUT2D eigenvalue weighted by atomic mass is 9.69. The second-order valence-corrected chi connectivity index (χ2v) is 5.96. The van der Waals surface area contributed by atoms with E-state index in [1.165, 1.54) is 0 Å². The minimum atomic E-state index is -0.670. The van der Waals surface area contributed by atoms with E-state index < -0.39 is 11.4 Å². The number of hydrogen-bond donors (Lipinski definition) is 2. The Morgan fingerprint density at radius 3 is 2.38 bits per heavy atom. The summed E-state index contributed by atoms with van der Waals surface area (Å²) >= 11 is 0. The van der Waals surface area contributed by atoms with Gasteiger partial charge in [0.2, 0.25) is 0 Å². The van der Waals surface area contributed by atoms with Gasteiger partial charge in [0.1, 0.15) is 0 Å². The number of carboxylic acid groups (broad SMARTS) is 1. The van der Waals surface area contributed by atoms with Gasteiger partial charge >= 0.3 is 5.97 Å². The predicted molar refractivity (Wildman–Crippen MR) is 81.1 cm³/mol. The highest BCUT2D eigenvalue weighted by Crippen LogP contribution is 2.41. The molecule has 1 aliphatic rings. The molecule has 1 fully saturated rings. The van der Waals surface area contributed by atoms with E-state index >= 15 is 0 Å². The molecule has 21 heavy (non-hydrogen) atoms. The average Bonchev–Trinajstić information content (AvgIpc) is 2.53. The molecule has 0 spiro atoms. The van der Waals surface area contributed by atoms with Gasteiger partial charge in [0, 0.05) is 12.1 Å². The number of rotatable bonds is 5. The van der Waals surface area contributed by atoms with Gasteiger partial charge in [-0.2, -0.15) is 0 Å². The monoisotopic (exact) mass is 289 g/mol. The van der Waals surface area contributed by atoms with Crippen LogP contribution in [0.3, 0.4) is 0 Å². The summed E-state index contributed by atoms with van der Waals surface area (Å²) in [4.78, 5) is 23.4. The summed E-state index contributed by atoms with van der Waals surface area (Å²) in [6, 6.07) is 9.16. The second-order valence-electron chi connectivity index (χ2n) is 5.96. The van der Waals surface area contributed by atoms with Gasteiger partial charge in [0.05, 0.1) is 5.41 Å². The summed E-state index contributed by atoms with van der Waals surface area (Å²) in [7, 11) is 0. The van der Waals surface area contributed by atoms with Crippen LogP contribution in [0.15, 0.2) is 30.3 Å². The maximum absolute atomic E-state index is 12.0. The minimum Gasteiger partial charge on any atom is -0.481 e. The molecule has 0 aromatic heterocycles. The van der Waals surface area contributed by atoms with Crippen LogP contribution in [0.2, 0.25) is 0 Å². The molecule has 114 valence electrons. The first-order valence-corrected chi connectivity index (χ1v) is 7.64. The van der Waals surface area contributed by atoms with Crippen molar-refractivity contribution in [3.05, 3.63) is 35.9 Å². The van der Waals surface area contributed by atoms with Crippen LogP contribution in [-0.4, -0.2) is 23.5 Å². The lowest BCUT2D eigenvalue weighted by Crippen LogP contribution is -2.38. The fourth-order valence-corrected chi connectivity index (χ4v) is 3.08. The molecule has 1 aliphatic carbocycles. The molecule has 0 saturated heterocycles. The molecule has 2 rings (SSSR count). The third kappa shape index (κ3) is 3.63. The van der Waals surface area contributed by atoms with Crippen LogP contribution in [0.25, 0.3) is 0 Å². The summed E-state index contributed by atoms with van der Waals surface area (Å²) in [5, 5.41) is 12.3. The molecule has 1 saturated carbocycles. The fourth-order valence-electron chi connectivity index (χ4n) is 3.08. The molecular weight excluding hydrogens is 266 g/mol. The van der Waals surface area contributed by atoms with E-state index in [2.05, 4.69) is 5.32 Å². The lowest BCUT2D eigenvalue weighted by molar-refractivity contribution is -0.151. The van der Waals surface area contributed by atoms with Gasteiger partial charge in [-0.1, -0.05) is 25.1 Å². The Hall–Kier alpha value is -1.84. The van der Waals surface area contributed by atoms with Gasteiger partial charge in [-0.05, 0) is 50.2 Å². The molecule has 1 aromatic rings. The number of aliphatic carboxylic acids is 1. The quantitative estimate of drug-likeness (QED) is 0.875. The van der Waals surface area contributed by atoms with Crippen LogP contribution in [0.4, 0.5) is 0 Å². The van der Waals surface area contributed by atoms with Gasteiger partial charge in [-0.3, -0.25) is 9.59 Å². The molecule has 2 N–H and O–H groups in total.